The van der Waals surface area contributed by atoms with Gasteiger partial charge in [-0.15, -0.1) is 0 Å². The highest BCUT2D eigenvalue weighted by Crippen LogP contribution is 2.24. The number of aromatic nitrogens is 1. The number of carbonyl (C=O) groups is 2. The average Bonchev–Trinajstić information content (AvgIpc) is 2.97. The molecule has 0 atom stereocenters. The highest BCUT2D eigenvalue weighted by Gasteiger charge is 2.30. The summed E-state index contributed by atoms with van der Waals surface area (Å²) < 4.78 is 5.62. The number of benzene rings is 1. The van der Waals surface area contributed by atoms with Gasteiger partial charge < -0.3 is 14.4 Å². The second-order valence-corrected chi connectivity index (χ2v) is 5.69. The minimum atomic E-state index is -0.791. The summed E-state index contributed by atoms with van der Waals surface area (Å²) in [5.41, 5.74) is 1.12. The molecule has 1 aromatic carbocycles. The molecule has 1 amide bonds. The van der Waals surface area contributed by atoms with Gasteiger partial charge in [-0.3, -0.25) is 9.59 Å². The fraction of sp³-hybridized carbons (Fsp3) is 0.353. The van der Waals surface area contributed by atoms with Gasteiger partial charge in [0.05, 0.1) is 5.92 Å². The summed E-state index contributed by atoms with van der Waals surface area (Å²) in [5.74, 6) is -0.447. The predicted molar refractivity (Wildman–Crippen MR) is 82.9 cm³/mol. The number of rotatable bonds is 3. The fourth-order valence-electron chi connectivity index (χ4n) is 2.78. The van der Waals surface area contributed by atoms with E-state index in [1.54, 1.807) is 11.8 Å². The van der Waals surface area contributed by atoms with Crippen LogP contribution in [-0.4, -0.2) is 40.0 Å². The molecule has 1 fully saturated rings. The van der Waals surface area contributed by atoms with Crippen molar-refractivity contribution in [2.24, 2.45) is 5.92 Å². The van der Waals surface area contributed by atoms with Gasteiger partial charge in [0.25, 0.3) is 5.91 Å². The minimum Gasteiger partial charge on any atom is -0.481 e. The van der Waals surface area contributed by atoms with Crippen LogP contribution in [0.2, 0.25) is 0 Å². The Morgan fingerprint density at radius 2 is 1.87 bits per heavy atom. The Bertz CT molecular complexity index is 715. The molecule has 1 saturated heterocycles. The van der Waals surface area contributed by atoms with Crippen LogP contribution in [0.15, 0.2) is 34.7 Å². The molecule has 23 heavy (non-hydrogen) atoms. The monoisotopic (exact) mass is 314 g/mol. The summed E-state index contributed by atoms with van der Waals surface area (Å²) >= 11 is 0. The Labute approximate surface area is 133 Å². The number of carboxylic acids is 1. The molecule has 0 saturated carbocycles. The summed E-state index contributed by atoms with van der Waals surface area (Å²) in [6.45, 7) is 2.59. The molecule has 0 bridgehead atoms. The number of likely N-dealkylation sites (tertiary alicyclic amines) is 1. The lowest BCUT2D eigenvalue weighted by molar-refractivity contribution is -0.143. The van der Waals surface area contributed by atoms with Crippen LogP contribution in [0.4, 0.5) is 0 Å². The summed E-state index contributed by atoms with van der Waals surface area (Å²) in [4.78, 5) is 29.6. The lowest BCUT2D eigenvalue weighted by Gasteiger charge is -2.29. The highest BCUT2D eigenvalue weighted by atomic mass is 16.4. The van der Waals surface area contributed by atoms with Crippen molar-refractivity contribution in [1.82, 2.24) is 9.88 Å². The Kier molecular flexibility index (Phi) is 4.14. The number of nitrogens with zero attached hydrogens (tertiary/aromatic N) is 2. The normalized spacial score (nSPS) is 15.6. The Hall–Kier alpha value is -2.63. The van der Waals surface area contributed by atoms with Crippen molar-refractivity contribution < 1.29 is 19.1 Å². The van der Waals surface area contributed by atoms with Crippen molar-refractivity contribution in [2.75, 3.05) is 13.1 Å². The first-order chi connectivity index (χ1) is 11.1. The van der Waals surface area contributed by atoms with Gasteiger partial charge in [-0.05, 0) is 31.9 Å². The third-order valence-electron chi connectivity index (χ3n) is 4.15. The van der Waals surface area contributed by atoms with Gasteiger partial charge in [0, 0.05) is 18.7 Å². The maximum absolute atomic E-state index is 12.6. The standard InChI is InChI=1S/C17H18N2O4/c1-11-14(18-15(23-11)12-5-3-2-4-6-12)16(20)19-9-7-13(8-10-19)17(21)22/h2-6,13H,7-10H2,1H3,(H,21,22). The lowest BCUT2D eigenvalue weighted by atomic mass is 9.97. The molecule has 2 aromatic rings. The van der Waals surface area contributed by atoms with Gasteiger partial charge in [-0.1, -0.05) is 18.2 Å². The van der Waals surface area contributed by atoms with E-state index in [0.29, 0.717) is 43.3 Å². The van der Waals surface area contributed by atoms with Gasteiger partial charge in [-0.2, -0.15) is 0 Å². The highest BCUT2D eigenvalue weighted by molar-refractivity contribution is 5.94. The number of carbonyl (C=O) groups excluding carboxylic acids is 1. The molecule has 0 unspecified atom stereocenters. The quantitative estimate of drug-likeness (QED) is 0.941. The number of aliphatic carboxylic acids is 1. The van der Waals surface area contributed by atoms with Crippen LogP contribution in [0.25, 0.3) is 11.5 Å². The largest absolute Gasteiger partial charge is 0.481 e. The van der Waals surface area contributed by atoms with E-state index in [2.05, 4.69) is 4.98 Å². The van der Waals surface area contributed by atoms with Crippen LogP contribution in [0, 0.1) is 12.8 Å². The Morgan fingerprint density at radius 1 is 1.22 bits per heavy atom. The van der Waals surface area contributed by atoms with Crippen LogP contribution in [0.1, 0.15) is 29.1 Å². The average molecular weight is 314 g/mol. The summed E-state index contributed by atoms with van der Waals surface area (Å²) in [6.07, 6.45) is 0.951. The number of hydrogen-bond donors (Lipinski definition) is 1. The van der Waals surface area contributed by atoms with Crippen LogP contribution in [0.5, 0.6) is 0 Å². The van der Waals surface area contributed by atoms with E-state index in [1.807, 2.05) is 30.3 Å². The summed E-state index contributed by atoms with van der Waals surface area (Å²) in [7, 11) is 0. The molecule has 1 N–H and O–H groups in total. The Morgan fingerprint density at radius 3 is 2.48 bits per heavy atom. The number of amides is 1. The van der Waals surface area contributed by atoms with E-state index in [9.17, 15) is 9.59 Å². The van der Waals surface area contributed by atoms with Gasteiger partial charge >= 0.3 is 5.97 Å². The van der Waals surface area contributed by atoms with Crippen molar-refractivity contribution >= 4 is 11.9 Å². The van der Waals surface area contributed by atoms with E-state index in [1.165, 1.54) is 0 Å². The van der Waals surface area contributed by atoms with Gasteiger partial charge in [0.1, 0.15) is 5.76 Å². The maximum Gasteiger partial charge on any atom is 0.306 e. The molecule has 3 rings (SSSR count). The van der Waals surface area contributed by atoms with E-state index < -0.39 is 5.97 Å². The van der Waals surface area contributed by atoms with Crippen molar-refractivity contribution in [3.63, 3.8) is 0 Å². The SMILES string of the molecule is Cc1oc(-c2ccccc2)nc1C(=O)N1CCC(C(=O)O)CC1. The van der Waals surface area contributed by atoms with Crippen molar-refractivity contribution in [1.29, 1.82) is 0 Å². The first kappa shape index (κ1) is 15.3. The maximum atomic E-state index is 12.6. The van der Waals surface area contributed by atoms with E-state index in [-0.39, 0.29) is 11.8 Å². The first-order valence-electron chi connectivity index (χ1n) is 7.61. The molecule has 2 heterocycles. The zero-order chi connectivity index (χ0) is 16.4. The van der Waals surface area contributed by atoms with Crippen LogP contribution in [0.3, 0.4) is 0 Å². The zero-order valence-corrected chi connectivity index (χ0v) is 12.9. The van der Waals surface area contributed by atoms with Gasteiger partial charge in [-0.25, -0.2) is 4.98 Å². The molecule has 6 heteroatoms. The van der Waals surface area contributed by atoms with Gasteiger partial charge in [0.15, 0.2) is 5.69 Å². The van der Waals surface area contributed by atoms with E-state index >= 15 is 0 Å². The molecule has 0 radical (unpaired) electrons. The van der Waals surface area contributed by atoms with Crippen LogP contribution >= 0.6 is 0 Å². The first-order valence-corrected chi connectivity index (χ1v) is 7.61. The molecule has 0 spiro atoms. The van der Waals surface area contributed by atoms with Crippen LogP contribution < -0.4 is 0 Å². The van der Waals surface area contributed by atoms with Gasteiger partial charge in [0.2, 0.25) is 5.89 Å². The molecule has 6 nitrogen and oxygen atoms in total. The molecule has 0 aliphatic carbocycles. The Balaban J connectivity index is 1.76. The number of hydrogen-bond acceptors (Lipinski definition) is 4. The third-order valence-corrected chi connectivity index (χ3v) is 4.15. The second kappa shape index (κ2) is 6.24. The molecular formula is C17H18N2O4. The molecule has 120 valence electrons. The summed E-state index contributed by atoms with van der Waals surface area (Å²) in [5, 5.41) is 9.02. The molecule has 1 aliphatic heterocycles. The zero-order valence-electron chi connectivity index (χ0n) is 12.9. The minimum absolute atomic E-state index is 0.197. The third kappa shape index (κ3) is 3.11. The number of carboxylic acid groups (broad SMARTS) is 1. The number of oxazole rings is 1. The number of piperidine rings is 1. The molecule has 1 aliphatic rings. The summed E-state index contributed by atoms with van der Waals surface area (Å²) in [6, 6.07) is 9.41. The predicted octanol–water partition coefficient (Wildman–Crippen LogP) is 2.59. The van der Waals surface area contributed by atoms with Crippen molar-refractivity contribution in [3.8, 4) is 11.5 Å². The molecular weight excluding hydrogens is 296 g/mol. The van der Waals surface area contributed by atoms with E-state index in [4.69, 9.17) is 9.52 Å². The van der Waals surface area contributed by atoms with Crippen LogP contribution in [-0.2, 0) is 4.79 Å². The lowest BCUT2D eigenvalue weighted by Crippen LogP contribution is -2.40. The smallest absolute Gasteiger partial charge is 0.306 e. The number of aryl methyl sites for hydroxylation is 1. The van der Waals surface area contributed by atoms with Crippen molar-refractivity contribution in [2.45, 2.75) is 19.8 Å². The van der Waals surface area contributed by atoms with E-state index in [0.717, 1.165) is 5.56 Å². The molecule has 1 aromatic heterocycles. The fourth-order valence-corrected chi connectivity index (χ4v) is 2.78. The van der Waals surface area contributed by atoms with Crippen molar-refractivity contribution in [3.05, 3.63) is 41.8 Å². The topological polar surface area (TPSA) is 83.6 Å². The second-order valence-electron chi connectivity index (χ2n) is 5.69.